The summed E-state index contributed by atoms with van der Waals surface area (Å²) in [5.41, 5.74) is 0.693. The number of aryl methyl sites for hydroxylation is 1. The fourth-order valence-electron chi connectivity index (χ4n) is 4.94. The summed E-state index contributed by atoms with van der Waals surface area (Å²) in [6, 6.07) is 24.2. The van der Waals surface area contributed by atoms with Crippen molar-refractivity contribution in [3.05, 3.63) is 130 Å². The number of hydrogen-bond acceptors (Lipinski definition) is 4. The largest absolute Gasteiger partial charge is 0.416 e. The molecule has 0 aromatic heterocycles. The Morgan fingerprint density at radius 2 is 1.45 bits per heavy atom. The third kappa shape index (κ3) is 9.14. The maximum atomic E-state index is 14.5. The first-order valence-corrected chi connectivity index (χ1v) is 16.6. The minimum atomic E-state index is -4.82. The van der Waals surface area contributed by atoms with Crippen molar-refractivity contribution in [3.63, 3.8) is 0 Å². The van der Waals surface area contributed by atoms with Gasteiger partial charge in [0.2, 0.25) is 11.8 Å². The number of carbonyl (C=O) groups excluding carboxylic acids is 2. The van der Waals surface area contributed by atoms with Gasteiger partial charge in [0.25, 0.3) is 10.0 Å². The van der Waals surface area contributed by atoms with Crippen molar-refractivity contribution >= 4 is 39.1 Å². The Labute approximate surface area is 278 Å². The van der Waals surface area contributed by atoms with Gasteiger partial charge in [0, 0.05) is 19.0 Å². The van der Waals surface area contributed by atoms with Crippen LogP contribution in [-0.2, 0) is 38.8 Å². The van der Waals surface area contributed by atoms with Gasteiger partial charge in [-0.1, -0.05) is 90.0 Å². The smallest absolute Gasteiger partial charge is 0.352 e. The monoisotopic (exact) mass is 685 g/mol. The summed E-state index contributed by atoms with van der Waals surface area (Å²) in [6.45, 7) is 4.41. The molecule has 248 valence electrons. The Morgan fingerprint density at radius 3 is 2.02 bits per heavy atom. The number of sulfonamides is 1. The molecule has 0 unspecified atom stereocenters. The van der Waals surface area contributed by atoms with Crippen LogP contribution in [0.5, 0.6) is 0 Å². The van der Waals surface area contributed by atoms with Gasteiger partial charge in [-0.2, -0.15) is 13.2 Å². The molecule has 0 saturated heterocycles. The second-order valence-corrected chi connectivity index (χ2v) is 13.6. The van der Waals surface area contributed by atoms with Crippen molar-refractivity contribution in [2.45, 2.75) is 56.9 Å². The molecule has 0 radical (unpaired) electrons. The average molecular weight is 686 g/mol. The minimum Gasteiger partial charge on any atom is -0.352 e. The maximum Gasteiger partial charge on any atom is 0.416 e. The molecule has 0 aliphatic carbocycles. The molecule has 0 spiro atoms. The summed E-state index contributed by atoms with van der Waals surface area (Å²) in [7, 11) is -4.64. The van der Waals surface area contributed by atoms with Crippen LogP contribution in [0.2, 0.25) is 5.02 Å². The first kappa shape index (κ1) is 35.5. The summed E-state index contributed by atoms with van der Waals surface area (Å²) in [6.07, 6.45) is -4.73. The Balaban J connectivity index is 1.87. The van der Waals surface area contributed by atoms with Crippen molar-refractivity contribution in [1.29, 1.82) is 0 Å². The van der Waals surface area contributed by atoms with E-state index in [0.717, 1.165) is 23.3 Å². The lowest BCUT2D eigenvalue weighted by Crippen LogP contribution is -2.54. The van der Waals surface area contributed by atoms with E-state index >= 15 is 0 Å². The van der Waals surface area contributed by atoms with Crippen LogP contribution in [0.15, 0.2) is 108 Å². The SMILES string of the molecule is Cc1ccc(CN(C(=O)CN(c2cc(C(F)(F)F)ccc2Cl)S(=O)(=O)c2ccccc2)[C@H](Cc2ccccc2)C(=O)NC(C)C)cc1. The number of carbonyl (C=O) groups is 2. The summed E-state index contributed by atoms with van der Waals surface area (Å²) in [5, 5.41) is 2.55. The lowest BCUT2D eigenvalue weighted by atomic mass is 10.0. The summed E-state index contributed by atoms with van der Waals surface area (Å²) >= 11 is 6.36. The quantitative estimate of drug-likeness (QED) is 0.174. The molecule has 0 heterocycles. The standard InChI is InChI=1S/C35H35ClF3N3O4S/c1-24(2)40-34(44)32(20-26-10-6-4-7-11-26)41(22-27-16-14-25(3)15-17-27)33(43)23-42(47(45,46)29-12-8-5-9-13-29)31-21-28(35(37,38)39)18-19-30(31)36/h4-19,21,24,32H,20,22-23H2,1-3H3,(H,40,44)/t32-/m1/s1. The number of nitrogens with one attached hydrogen (secondary N) is 1. The molecule has 47 heavy (non-hydrogen) atoms. The molecule has 4 aromatic carbocycles. The number of hydrogen-bond donors (Lipinski definition) is 1. The summed E-state index contributed by atoms with van der Waals surface area (Å²) in [5.74, 6) is -1.29. The Kier molecular flexibility index (Phi) is 11.4. The second kappa shape index (κ2) is 15.0. The van der Waals surface area contributed by atoms with Crippen LogP contribution in [0.1, 0.15) is 36.1 Å². The molecular formula is C35H35ClF3N3O4S. The molecule has 7 nitrogen and oxygen atoms in total. The number of amides is 2. The van der Waals surface area contributed by atoms with Crippen LogP contribution in [0.4, 0.5) is 18.9 Å². The Bertz CT molecular complexity index is 1790. The van der Waals surface area contributed by atoms with E-state index in [1.165, 1.54) is 29.2 Å². The third-order valence-corrected chi connectivity index (χ3v) is 9.42. The molecule has 0 aliphatic heterocycles. The zero-order chi connectivity index (χ0) is 34.4. The van der Waals surface area contributed by atoms with Gasteiger partial charge in [0.1, 0.15) is 12.6 Å². The van der Waals surface area contributed by atoms with Crippen LogP contribution in [0.25, 0.3) is 0 Å². The number of alkyl halides is 3. The molecule has 4 aromatic rings. The van der Waals surface area contributed by atoms with Crippen LogP contribution < -0.4 is 9.62 Å². The van der Waals surface area contributed by atoms with Crippen LogP contribution >= 0.6 is 11.6 Å². The molecule has 0 bridgehead atoms. The van der Waals surface area contributed by atoms with E-state index in [-0.39, 0.29) is 28.9 Å². The first-order valence-electron chi connectivity index (χ1n) is 14.8. The molecule has 2 amide bonds. The molecule has 1 atom stereocenters. The van der Waals surface area contributed by atoms with Gasteiger partial charge in [-0.25, -0.2) is 8.42 Å². The van der Waals surface area contributed by atoms with Crippen LogP contribution in [0.3, 0.4) is 0 Å². The molecular weight excluding hydrogens is 651 g/mol. The number of benzene rings is 4. The predicted molar refractivity (Wildman–Crippen MR) is 176 cm³/mol. The topological polar surface area (TPSA) is 86.8 Å². The lowest BCUT2D eigenvalue weighted by Gasteiger charge is -2.34. The van der Waals surface area contributed by atoms with Gasteiger partial charge >= 0.3 is 6.18 Å². The zero-order valence-electron chi connectivity index (χ0n) is 26.0. The first-order chi connectivity index (χ1) is 22.2. The van der Waals surface area contributed by atoms with Crippen molar-refractivity contribution in [2.75, 3.05) is 10.8 Å². The fraction of sp³-hybridized carbons (Fsp3) is 0.257. The molecule has 1 N–H and O–H groups in total. The van der Waals surface area contributed by atoms with Crippen molar-refractivity contribution in [1.82, 2.24) is 10.2 Å². The van der Waals surface area contributed by atoms with E-state index in [2.05, 4.69) is 5.32 Å². The van der Waals surface area contributed by atoms with Crippen LogP contribution in [0, 0.1) is 6.92 Å². The van der Waals surface area contributed by atoms with Crippen LogP contribution in [-0.4, -0.2) is 43.8 Å². The highest BCUT2D eigenvalue weighted by atomic mass is 35.5. The summed E-state index contributed by atoms with van der Waals surface area (Å²) < 4.78 is 70.2. The number of anilines is 1. The van der Waals surface area contributed by atoms with Crippen molar-refractivity contribution in [2.24, 2.45) is 0 Å². The van der Waals surface area contributed by atoms with Gasteiger partial charge in [-0.05, 0) is 62.2 Å². The fourth-order valence-corrected chi connectivity index (χ4v) is 6.65. The highest BCUT2D eigenvalue weighted by molar-refractivity contribution is 7.92. The summed E-state index contributed by atoms with van der Waals surface area (Å²) in [4.78, 5) is 29.2. The highest BCUT2D eigenvalue weighted by Gasteiger charge is 2.37. The van der Waals surface area contributed by atoms with Crippen molar-refractivity contribution in [3.8, 4) is 0 Å². The average Bonchev–Trinajstić information content (AvgIpc) is 3.02. The van der Waals surface area contributed by atoms with E-state index in [4.69, 9.17) is 11.6 Å². The predicted octanol–water partition coefficient (Wildman–Crippen LogP) is 7.03. The van der Waals surface area contributed by atoms with E-state index in [9.17, 15) is 31.2 Å². The molecule has 12 heteroatoms. The normalized spacial score (nSPS) is 12.4. The van der Waals surface area contributed by atoms with Gasteiger partial charge in [-0.3, -0.25) is 13.9 Å². The van der Waals surface area contributed by atoms with E-state index in [1.54, 1.807) is 56.3 Å². The number of rotatable bonds is 12. The van der Waals surface area contributed by atoms with Crippen molar-refractivity contribution < 1.29 is 31.2 Å². The van der Waals surface area contributed by atoms with Gasteiger partial charge in [-0.15, -0.1) is 0 Å². The lowest BCUT2D eigenvalue weighted by molar-refractivity contribution is -0.140. The van der Waals surface area contributed by atoms with E-state index in [0.29, 0.717) is 15.9 Å². The van der Waals surface area contributed by atoms with E-state index < -0.39 is 51.9 Å². The molecule has 0 aliphatic rings. The molecule has 0 fully saturated rings. The molecule has 4 rings (SSSR count). The minimum absolute atomic E-state index is 0.0856. The number of halogens is 4. The maximum absolute atomic E-state index is 14.5. The number of nitrogens with zero attached hydrogens (tertiary/aromatic N) is 2. The Morgan fingerprint density at radius 1 is 0.851 bits per heavy atom. The van der Waals surface area contributed by atoms with Gasteiger partial charge in [0.15, 0.2) is 0 Å². The van der Waals surface area contributed by atoms with E-state index in [1.807, 2.05) is 25.1 Å². The third-order valence-electron chi connectivity index (χ3n) is 7.33. The highest BCUT2D eigenvalue weighted by Crippen LogP contribution is 2.37. The van der Waals surface area contributed by atoms with Gasteiger partial charge in [0.05, 0.1) is 21.2 Å². The van der Waals surface area contributed by atoms with Gasteiger partial charge < -0.3 is 10.2 Å². The molecule has 0 saturated carbocycles. The second-order valence-electron chi connectivity index (χ2n) is 11.4. The zero-order valence-corrected chi connectivity index (χ0v) is 27.6. The Hall–Kier alpha value is -4.35.